The molecule has 146 valence electrons. The van der Waals surface area contributed by atoms with Gasteiger partial charge in [0.2, 0.25) is 0 Å². The Bertz CT molecular complexity index is 528. The second-order valence-corrected chi connectivity index (χ2v) is 7.47. The molecule has 0 fully saturated rings. The minimum Gasteiger partial charge on any atom is -0.390 e. The molecule has 1 rings (SSSR count). The number of carbonyl (C=O) groups is 2. The molecule has 2 N–H and O–H groups in total. The van der Waals surface area contributed by atoms with E-state index >= 15 is 0 Å². The standard InChI is InChI=1S/C22H34O4/c1-3-4-15-22(2,26)16-9-10-18-13-14-21(25)20(18)12-8-6-5-7-11-19(24)17-23/h6,8-10,13-14,18,20,23,26H,3-5,7,11-12,15-17H2,1-2H3/b8-6-,10-9?/t18-,20+,22?/m0/s1. The molecule has 0 spiro atoms. The first-order valence-electron chi connectivity index (χ1n) is 9.78. The molecule has 0 radical (unpaired) electrons. The Balaban J connectivity index is 2.41. The fraction of sp³-hybridized carbons (Fsp3) is 0.636. The van der Waals surface area contributed by atoms with E-state index in [0.717, 1.165) is 32.1 Å². The molecule has 4 nitrogen and oxygen atoms in total. The number of hydrogen-bond donors (Lipinski definition) is 2. The zero-order chi connectivity index (χ0) is 19.4. The van der Waals surface area contributed by atoms with Crippen molar-refractivity contribution in [2.75, 3.05) is 6.61 Å². The van der Waals surface area contributed by atoms with E-state index in [4.69, 9.17) is 5.11 Å². The van der Waals surface area contributed by atoms with Gasteiger partial charge in [0.15, 0.2) is 11.6 Å². The number of ketones is 2. The van der Waals surface area contributed by atoms with Gasteiger partial charge in [0.05, 0.1) is 5.60 Å². The van der Waals surface area contributed by atoms with E-state index in [1.165, 1.54) is 0 Å². The minimum atomic E-state index is -0.680. The van der Waals surface area contributed by atoms with Crippen LogP contribution in [0.3, 0.4) is 0 Å². The largest absolute Gasteiger partial charge is 0.390 e. The van der Waals surface area contributed by atoms with Crippen molar-refractivity contribution in [3.63, 3.8) is 0 Å². The lowest BCUT2D eigenvalue weighted by molar-refractivity contribution is -0.121. The molecule has 1 aliphatic carbocycles. The Labute approximate surface area is 157 Å². The molecule has 0 aromatic heterocycles. The van der Waals surface area contributed by atoms with E-state index in [9.17, 15) is 14.7 Å². The predicted octanol–water partition coefficient (Wildman–Crippen LogP) is 3.92. The quantitative estimate of drug-likeness (QED) is 0.385. The lowest BCUT2D eigenvalue weighted by Crippen LogP contribution is -2.22. The summed E-state index contributed by atoms with van der Waals surface area (Å²) >= 11 is 0. The highest BCUT2D eigenvalue weighted by Crippen LogP contribution is 2.28. The molecule has 0 aromatic carbocycles. The average molecular weight is 363 g/mol. The Morgan fingerprint density at radius 3 is 2.73 bits per heavy atom. The van der Waals surface area contributed by atoms with Gasteiger partial charge in [-0.15, -0.1) is 0 Å². The van der Waals surface area contributed by atoms with Crippen molar-refractivity contribution in [1.29, 1.82) is 0 Å². The molecule has 0 saturated carbocycles. The fourth-order valence-electron chi connectivity index (χ4n) is 3.12. The number of unbranched alkanes of at least 4 members (excludes halogenated alkanes) is 2. The van der Waals surface area contributed by atoms with Gasteiger partial charge < -0.3 is 10.2 Å². The number of rotatable bonds is 13. The second-order valence-electron chi connectivity index (χ2n) is 7.47. The Morgan fingerprint density at radius 1 is 1.27 bits per heavy atom. The number of aliphatic hydroxyl groups is 2. The van der Waals surface area contributed by atoms with Crippen molar-refractivity contribution in [2.24, 2.45) is 11.8 Å². The van der Waals surface area contributed by atoms with Gasteiger partial charge >= 0.3 is 0 Å². The zero-order valence-corrected chi connectivity index (χ0v) is 16.2. The maximum absolute atomic E-state index is 12.1. The van der Waals surface area contributed by atoms with Crippen LogP contribution in [0.15, 0.2) is 36.5 Å². The zero-order valence-electron chi connectivity index (χ0n) is 16.2. The third-order valence-corrected chi connectivity index (χ3v) is 4.86. The predicted molar refractivity (Wildman–Crippen MR) is 105 cm³/mol. The highest BCUT2D eigenvalue weighted by Gasteiger charge is 2.27. The van der Waals surface area contributed by atoms with Crippen molar-refractivity contribution < 1.29 is 19.8 Å². The van der Waals surface area contributed by atoms with E-state index in [0.29, 0.717) is 19.3 Å². The Morgan fingerprint density at radius 2 is 2.04 bits per heavy atom. The molecule has 0 amide bonds. The van der Waals surface area contributed by atoms with Gasteiger partial charge in [-0.2, -0.15) is 0 Å². The van der Waals surface area contributed by atoms with Crippen LogP contribution in [0.5, 0.6) is 0 Å². The lowest BCUT2D eigenvalue weighted by Gasteiger charge is -2.21. The number of hydrogen-bond acceptors (Lipinski definition) is 4. The molecule has 1 aliphatic rings. The van der Waals surface area contributed by atoms with Crippen molar-refractivity contribution in [3.8, 4) is 0 Å². The normalized spacial score (nSPS) is 22.5. The summed E-state index contributed by atoms with van der Waals surface area (Å²) in [6.45, 7) is 3.60. The summed E-state index contributed by atoms with van der Waals surface area (Å²) in [7, 11) is 0. The van der Waals surface area contributed by atoms with Crippen molar-refractivity contribution >= 4 is 11.6 Å². The van der Waals surface area contributed by atoms with Gasteiger partial charge in [0.1, 0.15) is 6.61 Å². The maximum atomic E-state index is 12.1. The number of allylic oxidation sites excluding steroid dienone is 5. The third kappa shape index (κ3) is 8.72. The van der Waals surface area contributed by atoms with E-state index in [-0.39, 0.29) is 30.0 Å². The van der Waals surface area contributed by atoms with E-state index in [1.807, 2.05) is 37.3 Å². The molecule has 0 aliphatic heterocycles. The Kier molecular flexibility index (Phi) is 10.4. The van der Waals surface area contributed by atoms with Crippen LogP contribution in [0, 0.1) is 11.8 Å². The first kappa shape index (κ1) is 22.5. The van der Waals surface area contributed by atoms with E-state index in [1.54, 1.807) is 6.08 Å². The maximum Gasteiger partial charge on any atom is 0.159 e. The second kappa shape index (κ2) is 12.0. The molecule has 4 heteroatoms. The summed E-state index contributed by atoms with van der Waals surface area (Å²) in [4.78, 5) is 23.1. The summed E-state index contributed by atoms with van der Waals surface area (Å²) in [5.41, 5.74) is -0.680. The molecule has 3 atom stereocenters. The van der Waals surface area contributed by atoms with E-state index < -0.39 is 5.60 Å². The van der Waals surface area contributed by atoms with Gasteiger partial charge in [-0.3, -0.25) is 9.59 Å². The summed E-state index contributed by atoms with van der Waals surface area (Å²) in [5, 5.41) is 19.0. The van der Waals surface area contributed by atoms with Crippen LogP contribution in [-0.2, 0) is 9.59 Å². The topological polar surface area (TPSA) is 74.6 Å². The molecule has 0 bridgehead atoms. The molecular weight excluding hydrogens is 328 g/mol. The van der Waals surface area contributed by atoms with Crippen molar-refractivity contribution in [2.45, 2.75) is 70.8 Å². The minimum absolute atomic E-state index is 0.0674. The van der Waals surface area contributed by atoms with Gasteiger partial charge in [-0.1, -0.05) is 50.1 Å². The molecule has 0 saturated heterocycles. The average Bonchev–Trinajstić information content (AvgIpc) is 2.96. The van der Waals surface area contributed by atoms with Crippen LogP contribution in [0.2, 0.25) is 0 Å². The van der Waals surface area contributed by atoms with Crippen LogP contribution >= 0.6 is 0 Å². The van der Waals surface area contributed by atoms with Crippen LogP contribution < -0.4 is 0 Å². The fourth-order valence-corrected chi connectivity index (χ4v) is 3.12. The first-order valence-corrected chi connectivity index (χ1v) is 9.78. The molecule has 0 heterocycles. The SMILES string of the molecule is CCCCC(C)(O)CC=C[C@H]1C=CC(=O)[C@@H]1C/C=C\CCCC(=O)CO. The number of carbonyl (C=O) groups excluding carboxylic acids is 2. The summed E-state index contributed by atoms with van der Waals surface area (Å²) in [6, 6.07) is 0. The van der Waals surface area contributed by atoms with Crippen LogP contribution in [0.1, 0.15) is 65.2 Å². The van der Waals surface area contributed by atoms with E-state index in [2.05, 4.69) is 6.92 Å². The van der Waals surface area contributed by atoms with Gasteiger partial charge in [0, 0.05) is 18.3 Å². The molecule has 0 aromatic rings. The summed E-state index contributed by atoms with van der Waals surface area (Å²) < 4.78 is 0. The van der Waals surface area contributed by atoms with Gasteiger partial charge in [-0.05, 0) is 45.1 Å². The molecule has 1 unspecified atom stereocenters. The Hall–Kier alpha value is -1.52. The van der Waals surface area contributed by atoms with Gasteiger partial charge in [-0.25, -0.2) is 0 Å². The highest BCUT2D eigenvalue weighted by molar-refractivity contribution is 5.95. The highest BCUT2D eigenvalue weighted by atomic mass is 16.3. The number of aliphatic hydroxyl groups excluding tert-OH is 1. The van der Waals surface area contributed by atoms with Crippen LogP contribution in [0.25, 0.3) is 0 Å². The van der Waals surface area contributed by atoms with Crippen LogP contribution in [0.4, 0.5) is 0 Å². The molecular formula is C22H34O4. The molecule has 26 heavy (non-hydrogen) atoms. The smallest absolute Gasteiger partial charge is 0.159 e. The monoisotopic (exact) mass is 362 g/mol. The first-order chi connectivity index (χ1) is 12.4. The van der Waals surface area contributed by atoms with Crippen molar-refractivity contribution in [1.82, 2.24) is 0 Å². The summed E-state index contributed by atoms with van der Waals surface area (Å²) in [5.74, 6) is 0.0401. The lowest BCUT2D eigenvalue weighted by atomic mass is 9.89. The van der Waals surface area contributed by atoms with Crippen molar-refractivity contribution in [3.05, 3.63) is 36.5 Å². The van der Waals surface area contributed by atoms with Crippen LogP contribution in [-0.4, -0.2) is 34.0 Å². The summed E-state index contributed by atoms with van der Waals surface area (Å²) in [6.07, 6.45) is 17.7. The number of Topliss-reactive ketones (excluding diaryl/α,β-unsaturated/α-hetero) is 1. The van der Waals surface area contributed by atoms with Gasteiger partial charge in [0.25, 0.3) is 0 Å². The third-order valence-electron chi connectivity index (χ3n) is 4.86.